The van der Waals surface area contributed by atoms with Crippen LogP contribution in [0.4, 0.5) is 0 Å². The van der Waals surface area contributed by atoms with Crippen molar-refractivity contribution in [2.24, 2.45) is 5.73 Å². The van der Waals surface area contributed by atoms with Crippen molar-refractivity contribution in [3.63, 3.8) is 0 Å². The molecule has 0 aliphatic carbocycles. The third-order valence-corrected chi connectivity index (χ3v) is 4.11. The second kappa shape index (κ2) is 5.03. The van der Waals surface area contributed by atoms with Crippen LogP contribution in [0, 0.1) is 0 Å². The molecule has 15 heavy (non-hydrogen) atoms. The van der Waals surface area contributed by atoms with Gasteiger partial charge in [-0.25, -0.2) is 4.98 Å². The van der Waals surface area contributed by atoms with Crippen LogP contribution in [0.1, 0.15) is 43.8 Å². The van der Waals surface area contributed by atoms with Crippen LogP contribution in [0.2, 0.25) is 0 Å². The van der Waals surface area contributed by atoms with Crippen molar-refractivity contribution in [3.05, 3.63) is 17.8 Å². The molecule has 2 N–H and O–H groups in total. The normalized spacial score (nSPS) is 24.0. The highest BCUT2D eigenvalue weighted by Crippen LogP contribution is 2.27. The maximum atomic E-state index is 5.73. The number of aromatic nitrogens is 1. The zero-order chi connectivity index (χ0) is 10.7. The van der Waals surface area contributed by atoms with Crippen LogP contribution in [-0.2, 0) is 6.42 Å². The van der Waals surface area contributed by atoms with E-state index in [9.17, 15) is 0 Å². The first-order valence-electron chi connectivity index (χ1n) is 5.57. The Morgan fingerprint density at radius 1 is 1.67 bits per heavy atom. The molecular weight excluding hydrogens is 208 g/mol. The second-order valence-electron chi connectivity index (χ2n) is 4.15. The van der Waals surface area contributed by atoms with Crippen LogP contribution in [-0.4, -0.2) is 16.0 Å². The first kappa shape index (κ1) is 11.0. The lowest BCUT2D eigenvalue weighted by Gasteiger charge is -2.19. The van der Waals surface area contributed by atoms with Crippen LogP contribution < -0.4 is 5.73 Å². The van der Waals surface area contributed by atoms with Gasteiger partial charge in [-0.2, -0.15) is 11.8 Å². The van der Waals surface area contributed by atoms with E-state index in [1.807, 2.05) is 18.7 Å². The van der Waals surface area contributed by atoms with Crippen LogP contribution >= 0.6 is 11.8 Å². The minimum atomic E-state index is -0.0264. The van der Waals surface area contributed by atoms with Gasteiger partial charge in [0.1, 0.15) is 6.26 Å². The summed E-state index contributed by atoms with van der Waals surface area (Å²) in [7, 11) is 0. The van der Waals surface area contributed by atoms with Gasteiger partial charge in [0, 0.05) is 17.7 Å². The highest BCUT2D eigenvalue weighted by molar-refractivity contribution is 7.99. The number of thioether (sulfide) groups is 1. The summed E-state index contributed by atoms with van der Waals surface area (Å²) in [6.45, 7) is 1.93. The standard InChI is InChI=1S/C11H18N2OS/c1-8(12)10-7-14-11(13-10)6-9-4-2-3-5-15-9/h7-9H,2-6,12H2,1H3. The fraction of sp³-hybridized carbons (Fsp3) is 0.727. The van der Waals surface area contributed by atoms with E-state index < -0.39 is 0 Å². The Hall–Kier alpha value is -0.480. The molecule has 2 unspecified atom stereocenters. The Bertz CT molecular complexity index is 305. The lowest BCUT2D eigenvalue weighted by molar-refractivity contribution is 0.481. The number of nitrogens with zero attached hydrogens (tertiary/aromatic N) is 1. The maximum absolute atomic E-state index is 5.73. The number of oxazole rings is 1. The van der Waals surface area contributed by atoms with E-state index in [2.05, 4.69) is 4.98 Å². The minimum absolute atomic E-state index is 0.0264. The topological polar surface area (TPSA) is 52.0 Å². The maximum Gasteiger partial charge on any atom is 0.195 e. The summed E-state index contributed by atoms with van der Waals surface area (Å²) in [5.41, 5.74) is 6.60. The van der Waals surface area contributed by atoms with Crippen LogP contribution in [0.3, 0.4) is 0 Å². The van der Waals surface area contributed by atoms with E-state index in [0.717, 1.165) is 18.0 Å². The Labute approximate surface area is 94.8 Å². The Kier molecular flexibility index (Phi) is 3.70. The molecule has 1 saturated heterocycles. The van der Waals surface area contributed by atoms with Crippen molar-refractivity contribution in [1.29, 1.82) is 0 Å². The third-order valence-electron chi connectivity index (χ3n) is 2.71. The molecule has 0 saturated carbocycles. The summed E-state index contributed by atoms with van der Waals surface area (Å²) in [6.07, 6.45) is 6.64. The molecule has 0 amide bonds. The first-order chi connectivity index (χ1) is 7.25. The van der Waals surface area contributed by atoms with E-state index in [0.29, 0.717) is 5.25 Å². The first-order valence-corrected chi connectivity index (χ1v) is 6.62. The van der Waals surface area contributed by atoms with Gasteiger partial charge in [0.05, 0.1) is 5.69 Å². The molecule has 1 fully saturated rings. The largest absolute Gasteiger partial charge is 0.449 e. The minimum Gasteiger partial charge on any atom is -0.449 e. The lowest BCUT2D eigenvalue weighted by atomic mass is 10.1. The highest BCUT2D eigenvalue weighted by atomic mass is 32.2. The molecule has 2 rings (SSSR count). The van der Waals surface area contributed by atoms with Crippen LogP contribution in [0.25, 0.3) is 0 Å². The van der Waals surface area contributed by atoms with Crippen molar-refractivity contribution in [1.82, 2.24) is 4.98 Å². The van der Waals surface area contributed by atoms with Gasteiger partial charge in [0.15, 0.2) is 5.89 Å². The summed E-state index contributed by atoms with van der Waals surface area (Å²) in [6, 6.07) is -0.0264. The lowest BCUT2D eigenvalue weighted by Crippen LogP contribution is -2.13. The van der Waals surface area contributed by atoms with Crippen molar-refractivity contribution >= 4 is 11.8 Å². The average Bonchev–Trinajstić information content (AvgIpc) is 2.68. The number of nitrogens with two attached hydrogens (primary N) is 1. The molecule has 0 bridgehead atoms. The van der Waals surface area contributed by atoms with Gasteiger partial charge in [-0.15, -0.1) is 0 Å². The highest BCUT2D eigenvalue weighted by Gasteiger charge is 2.17. The van der Waals surface area contributed by atoms with E-state index in [1.54, 1.807) is 6.26 Å². The molecule has 1 aromatic rings. The van der Waals surface area contributed by atoms with E-state index in [1.165, 1.54) is 25.0 Å². The Morgan fingerprint density at radius 3 is 3.13 bits per heavy atom. The monoisotopic (exact) mass is 226 g/mol. The van der Waals surface area contributed by atoms with Gasteiger partial charge in [0.2, 0.25) is 0 Å². The molecule has 1 aliphatic rings. The van der Waals surface area contributed by atoms with Crippen molar-refractivity contribution in [2.75, 3.05) is 5.75 Å². The van der Waals surface area contributed by atoms with Crippen LogP contribution in [0.5, 0.6) is 0 Å². The molecule has 1 aliphatic heterocycles. The molecule has 84 valence electrons. The molecule has 0 spiro atoms. The SMILES string of the molecule is CC(N)c1coc(CC2CCCCS2)n1. The zero-order valence-corrected chi connectivity index (χ0v) is 9.93. The van der Waals surface area contributed by atoms with Crippen molar-refractivity contribution < 1.29 is 4.42 Å². The Balaban J connectivity index is 1.91. The fourth-order valence-corrected chi connectivity index (χ4v) is 3.09. The summed E-state index contributed by atoms with van der Waals surface area (Å²) in [4.78, 5) is 4.40. The Morgan fingerprint density at radius 2 is 2.53 bits per heavy atom. The fourth-order valence-electron chi connectivity index (χ4n) is 1.79. The van der Waals surface area contributed by atoms with Crippen LogP contribution in [0.15, 0.2) is 10.7 Å². The van der Waals surface area contributed by atoms with E-state index >= 15 is 0 Å². The molecule has 1 aromatic heterocycles. The van der Waals surface area contributed by atoms with Gasteiger partial charge >= 0.3 is 0 Å². The van der Waals surface area contributed by atoms with Crippen molar-refractivity contribution in [3.8, 4) is 0 Å². The summed E-state index contributed by atoms with van der Waals surface area (Å²) < 4.78 is 5.42. The molecule has 0 radical (unpaired) electrons. The molecule has 2 heterocycles. The third kappa shape index (κ3) is 2.98. The molecular formula is C11H18N2OS. The molecule has 4 heteroatoms. The predicted molar refractivity (Wildman–Crippen MR) is 62.9 cm³/mol. The van der Waals surface area contributed by atoms with Gasteiger partial charge in [-0.05, 0) is 25.5 Å². The number of hydrogen-bond acceptors (Lipinski definition) is 4. The van der Waals surface area contributed by atoms with Gasteiger partial charge in [0.25, 0.3) is 0 Å². The number of rotatable bonds is 3. The van der Waals surface area contributed by atoms with E-state index in [-0.39, 0.29) is 6.04 Å². The second-order valence-corrected chi connectivity index (χ2v) is 5.56. The summed E-state index contributed by atoms with van der Waals surface area (Å²) >= 11 is 2.04. The summed E-state index contributed by atoms with van der Waals surface area (Å²) in [5.74, 6) is 2.13. The predicted octanol–water partition coefficient (Wildman–Crippen LogP) is 2.52. The van der Waals surface area contributed by atoms with Gasteiger partial charge in [-0.1, -0.05) is 6.42 Å². The van der Waals surface area contributed by atoms with E-state index in [4.69, 9.17) is 10.2 Å². The van der Waals surface area contributed by atoms with Gasteiger partial charge in [-0.3, -0.25) is 0 Å². The molecule has 2 atom stereocenters. The quantitative estimate of drug-likeness (QED) is 0.860. The zero-order valence-electron chi connectivity index (χ0n) is 9.11. The molecule has 0 aromatic carbocycles. The van der Waals surface area contributed by atoms with Crippen molar-refractivity contribution in [2.45, 2.75) is 43.9 Å². The summed E-state index contributed by atoms with van der Waals surface area (Å²) in [5, 5.41) is 0.693. The molecule has 3 nitrogen and oxygen atoms in total. The van der Waals surface area contributed by atoms with Gasteiger partial charge < -0.3 is 10.2 Å². The average molecular weight is 226 g/mol. The smallest absolute Gasteiger partial charge is 0.195 e. The number of hydrogen-bond donors (Lipinski definition) is 1.